The minimum Gasteiger partial charge on any atom is -0.349 e. The van der Waals surface area contributed by atoms with E-state index in [4.69, 9.17) is 0 Å². The van der Waals surface area contributed by atoms with Gasteiger partial charge in [-0.3, -0.25) is 9.59 Å². The van der Waals surface area contributed by atoms with Gasteiger partial charge in [0.1, 0.15) is 5.82 Å². The van der Waals surface area contributed by atoms with Gasteiger partial charge in [-0.2, -0.15) is 0 Å². The maximum Gasteiger partial charge on any atom is 0.228 e. The Balaban J connectivity index is 1.77. The summed E-state index contributed by atoms with van der Waals surface area (Å²) in [5.74, 6) is -1.56. The first-order chi connectivity index (χ1) is 12.0. The van der Waals surface area contributed by atoms with E-state index in [1.54, 1.807) is 6.07 Å². The van der Waals surface area contributed by atoms with Crippen LogP contribution in [0.2, 0.25) is 0 Å². The Morgan fingerprint density at radius 2 is 2.00 bits per heavy atom. The van der Waals surface area contributed by atoms with Crippen molar-refractivity contribution in [3.8, 4) is 0 Å². The topological polar surface area (TPSA) is 58.2 Å². The maximum atomic E-state index is 13.4. The molecule has 0 radical (unpaired) electrons. The Morgan fingerprint density at radius 1 is 1.28 bits per heavy atom. The first-order valence-electron chi connectivity index (χ1n) is 8.46. The molecule has 130 valence electrons. The lowest BCUT2D eigenvalue weighted by Gasteiger charge is -2.26. The molecule has 0 aliphatic carbocycles. The van der Waals surface area contributed by atoms with Crippen LogP contribution in [0.4, 0.5) is 10.1 Å². The van der Waals surface area contributed by atoms with Crippen LogP contribution < -0.4 is 10.6 Å². The van der Waals surface area contributed by atoms with E-state index in [2.05, 4.69) is 17.6 Å². The summed E-state index contributed by atoms with van der Waals surface area (Å²) in [7, 11) is 0. The van der Waals surface area contributed by atoms with E-state index in [9.17, 15) is 14.0 Å². The molecule has 25 heavy (non-hydrogen) atoms. The van der Waals surface area contributed by atoms with E-state index < -0.39 is 11.7 Å². The number of aryl methyl sites for hydroxylation is 1. The number of carbonyl (C=O) groups excluding carboxylic acids is 2. The van der Waals surface area contributed by atoms with Crippen LogP contribution in [0.1, 0.15) is 48.9 Å². The second kappa shape index (κ2) is 7.05. The van der Waals surface area contributed by atoms with Crippen LogP contribution in [0.25, 0.3) is 0 Å². The fourth-order valence-corrected chi connectivity index (χ4v) is 3.11. The van der Waals surface area contributed by atoms with Gasteiger partial charge in [-0.25, -0.2) is 4.39 Å². The monoisotopic (exact) mass is 340 g/mol. The van der Waals surface area contributed by atoms with Crippen LogP contribution in [-0.4, -0.2) is 11.8 Å². The van der Waals surface area contributed by atoms with Crippen LogP contribution in [-0.2, 0) is 16.0 Å². The van der Waals surface area contributed by atoms with E-state index in [1.807, 2.05) is 31.2 Å². The van der Waals surface area contributed by atoms with Crippen molar-refractivity contribution >= 4 is 17.5 Å². The average Bonchev–Trinajstić information content (AvgIpc) is 2.60. The molecular formula is C20H21FN2O2. The third-order valence-electron chi connectivity index (χ3n) is 4.62. The number of benzene rings is 2. The van der Waals surface area contributed by atoms with Gasteiger partial charge in [-0.1, -0.05) is 37.3 Å². The Morgan fingerprint density at radius 3 is 2.68 bits per heavy atom. The molecule has 5 heteroatoms. The minimum atomic E-state index is -0.610. The Bertz CT molecular complexity index is 802. The second-order valence-electron chi connectivity index (χ2n) is 6.36. The number of anilines is 1. The summed E-state index contributed by atoms with van der Waals surface area (Å²) >= 11 is 0. The third-order valence-corrected chi connectivity index (χ3v) is 4.62. The van der Waals surface area contributed by atoms with E-state index in [0.29, 0.717) is 11.3 Å². The van der Waals surface area contributed by atoms with Gasteiger partial charge in [0.05, 0.1) is 12.0 Å². The number of fused-ring (bicyclic) bond motifs is 1. The lowest BCUT2D eigenvalue weighted by Crippen LogP contribution is -2.36. The van der Waals surface area contributed by atoms with Crippen molar-refractivity contribution in [2.75, 3.05) is 5.32 Å². The summed E-state index contributed by atoms with van der Waals surface area (Å²) in [5, 5.41) is 5.59. The summed E-state index contributed by atoms with van der Waals surface area (Å²) in [6.45, 7) is 4.00. The maximum absolute atomic E-state index is 13.4. The largest absolute Gasteiger partial charge is 0.349 e. The first-order valence-corrected chi connectivity index (χ1v) is 8.46. The van der Waals surface area contributed by atoms with E-state index in [1.165, 1.54) is 17.7 Å². The summed E-state index contributed by atoms with van der Waals surface area (Å²) in [6, 6.07) is 12.0. The van der Waals surface area contributed by atoms with Gasteiger partial charge < -0.3 is 10.6 Å². The van der Waals surface area contributed by atoms with E-state index in [-0.39, 0.29) is 24.3 Å². The van der Waals surface area contributed by atoms with Gasteiger partial charge in [-0.15, -0.1) is 0 Å². The second-order valence-corrected chi connectivity index (χ2v) is 6.36. The van der Waals surface area contributed by atoms with Gasteiger partial charge in [0, 0.05) is 12.1 Å². The van der Waals surface area contributed by atoms with Crippen LogP contribution in [0, 0.1) is 5.82 Å². The molecule has 2 unspecified atom stereocenters. The zero-order chi connectivity index (χ0) is 18.0. The standard InChI is InChI=1S/C20H21FN2O2/c1-3-13-4-6-14(7-5-13)12(2)22-20(25)17-11-19(24)23-18-10-15(21)8-9-16(17)18/h4-10,12,17H,3,11H2,1-2H3,(H,22,25)(H,23,24). The first kappa shape index (κ1) is 17.1. The van der Waals surface area contributed by atoms with Gasteiger partial charge in [0.15, 0.2) is 0 Å². The molecule has 2 N–H and O–H groups in total. The normalized spacial score (nSPS) is 17.4. The highest BCUT2D eigenvalue weighted by Gasteiger charge is 2.31. The number of carbonyl (C=O) groups is 2. The van der Waals surface area contributed by atoms with E-state index in [0.717, 1.165) is 12.0 Å². The Kier molecular flexibility index (Phi) is 4.83. The molecule has 4 nitrogen and oxygen atoms in total. The molecule has 0 saturated heterocycles. The molecule has 2 amide bonds. The van der Waals surface area contributed by atoms with Gasteiger partial charge in [0.2, 0.25) is 11.8 Å². The smallest absolute Gasteiger partial charge is 0.228 e. The van der Waals surface area contributed by atoms with Crippen LogP contribution in [0.5, 0.6) is 0 Å². The lowest BCUT2D eigenvalue weighted by molar-refractivity contribution is -0.126. The number of rotatable bonds is 4. The van der Waals surface area contributed by atoms with Gasteiger partial charge >= 0.3 is 0 Å². The third kappa shape index (κ3) is 3.71. The van der Waals surface area contributed by atoms with Crippen molar-refractivity contribution in [1.82, 2.24) is 5.32 Å². The number of hydrogen-bond acceptors (Lipinski definition) is 2. The molecule has 2 atom stereocenters. The minimum absolute atomic E-state index is 0.0615. The number of halogens is 1. The highest BCUT2D eigenvalue weighted by Crippen LogP contribution is 2.33. The summed E-state index contributed by atoms with van der Waals surface area (Å²) < 4.78 is 13.4. The molecule has 1 aliphatic rings. The molecule has 0 bridgehead atoms. The Labute approximate surface area is 146 Å². The van der Waals surface area contributed by atoms with Crippen molar-refractivity contribution in [3.05, 3.63) is 65.0 Å². The van der Waals surface area contributed by atoms with Crippen molar-refractivity contribution in [2.24, 2.45) is 0 Å². The molecule has 1 aliphatic heterocycles. The molecular weight excluding hydrogens is 319 g/mol. The van der Waals surface area contributed by atoms with Crippen molar-refractivity contribution in [1.29, 1.82) is 0 Å². The van der Waals surface area contributed by atoms with Crippen LogP contribution in [0.3, 0.4) is 0 Å². The molecule has 0 fully saturated rings. The molecule has 3 rings (SSSR count). The lowest BCUT2D eigenvalue weighted by atomic mass is 9.89. The molecule has 0 saturated carbocycles. The van der Waals surface area contributed by atoms with Crippen LogP contribution in [0.15, 0.2) is 42.5 Å². The molecule has 0 aromatic heterocycles. The highest BCUT2D eigenvalue weighted by molar-refractivity contribution is 6.01. The fourth-order valence-electron chi connectivity index (χ4n) is 3.11. The number of nitrogens with one attached hydrogen (secondary N) is 2. The van der Waals surface area contributed by atoms with E-state index >= 15 is 0 Å². The zero-order valence-electron chi connectivity index (χ0n) is 14.3. The predicted octanol–water partition coefficient (Wildman–Crippen LogP) is 3.69. The van der Waals surface area contributed by atoms with Gasteiger partial charge in [-0.05, 0) is 42.2 Å². The van der Waals surface area contributed by atoms with Gasteiger partial charge in [0.25, 0.3) is 0 Å². The van der Waals surface area contributed by atoms with Crippen molar-refractivity contribution in [3.63, 3.8) is 0 Å². The number of hydrogen-bond donors (Lipinski definition) is 2. The summed E-state index contributed by atoms with van der Waals surface area (Å²) in [6.07, 6.45) is 1.03. The fraction of sp³-hybridized carbons (Fsp3) is 0.300. The average molecular weight is 340 g/mol. The molecule has 2 aromatic carbocycles. The van der Waals surface area contributed by atoms with Crippen molar-refractivity contribution in [2.45, 2.75) is 38.6 Å². The predicted molar refractivity (Wildman–Crippen MR) is 94.8 cm³/mol. The molecule has 2 aromatic rings. The number of amides is 2. The highest BCUT2D eigenvalue weighted by atomic mass is 19.1. The SMILES string of the molecule is CCc1ccc(C(C)NC(=O)C2CC(=O)Nc3cc(F)ccc32)cc1. The zero-order valence-corrected chi connectivity index (χ0v) is 14.3. The molecule has 0 spiro atoms. The van der Waals surface area contributed by atoms with Crippen molar-refractivity contribution < 1.29 is 14.0 Å². The Hall–Kier alpha value is -2.69. The molecule has 1 heterocycles. The quantitative estimate of drug-likeness (QED) is 0.892. The van der Waals surface area contributed by atoms with Crippen LogP contribution >= 0.6 is 0 Å². The summed E-state index contributed by atoms with van der Waals surface area (Å²) in [5.41, 5.74) is 3.26. The summed E-state index contributed by atoms with van der Waals surface area (Å²) in [4.78, 5) is 24.6.